The Morgan fingerprint density at radius 3 is 2.46 bits per heavy atom. The molecule has 144 valence electrons. The first-order chi connectivity index (χ1) is 12.5. The summed E-state index contributed by atoms with van der Waals surface area (Å²) in [7, 11) is -3.41. The number of rotatable bonds is 10. The van der Waals surface area contributed by atoms with Gasteiger partial charge in [-0.05, 0) is 31.1 Å². The van der Waals surface area contributed by atoms with Crippen molar-refractivity contribution in [3.05, 3.63) is 48.2 Å². The Kier molecular flexibility index (Phi) is 7.43. The van der Waals surface area contributed by atoms with E-state index in [4.69, 9.17) is 10.5 Å². The summed E-state index contributed by atoms with van der Waals surface area (Å²) in [6.45, 7) is 5.42. The van der Waals surface area contributed by atoms with Crippen molar-refractivity contribution in [3.63, 3.8) is 0 Å². The third kappa shape index (κ3) is 4.55. The molecule has 1 aliphatic rings. The maximum atomic E-state index is 13.1. The van der Waals surface area contributed by atoms with E-state index in [-0.39, 0.29) is 9.64 Å². The molecule has 6 heteroatoms. The van der Waals surface area contributed by atoms with Gasteiger partial charge in [-0.1, -0.05) is 32.8 Å². The second kappa shape index (κ2) is 9.35. The van der Waals surface area contributed by atoms with Crippen LogP contribution in [0.15, 0.2) is 48.2 Å². The van der Waals surface area contributed by atoms with Crippen LogP contribution >= 0.6 is 0 Å². The van der Waals surface area contributed by atoms with Crippen LogP contribution in [0.3, 0.4) is 0 Å². The molecule has 1 atom stereocenters. The number of nitrogens with zero attached hydrogens (tertiary/aromatic N) is 1. The molecule has 0 fully saturated rings. The van der Waals surface area contributed by atoms with Gasteiger partial charge in [0.25, 0.3) is 0 Å². The number of hydrogen-bond donors (Lipinski definition) is 1. The van der Waals surface area contributed by atoms with E-state index in [1.807, 2.05) is 43.3 Å². The molecule has 1 aromatic carbocycles. The molecule has 1 unspecified atom stereocenters. The average molecular weight is 380 g/mol. The number of ether oxygens (including phenoxy) is 1. The Bertz CT molecular complexity index is 739. The van der Waals surface area contributed by atoms with Crippen LogP contribution in [0.1, 0.15) is 39.5 Å². The molecule has 0 saturated carbocycles. The lowest BCUT2D eigenvalue weighted by atomic mass is 10.2. The highest BCUT2D eigenvalue weighted by Crippen LogP contribution is 2.34. The molecule has 1 aliphatic heterocycles. The zero-order chi connectivity index (χ0) is 19.0. The van der Waals surface area contributed by atoms with Crippen LogP contribution in [0.2, 0.25) is 0 Å². The van der Waals surface area contributed by atoms with Gasteiger partial charge in [-0.15, -0.1) is 0 Å². The van der Waals surface area contributed by atoms with Gasteiger partial charge in [-0.25, -0.2) is 0 Å². The predicted molar refractivity (Wildman–Crippen MR) is 108 cm³/mol. The number of nitrogens with two attached hydrogens (primary N) is 1. The lowest BCUT2D eigenvalue weighted by molar-refractivity contribution is 0.306. The molecule has 0 aliphatic carbocycles. The van der Waals surface area contributed by atoms with E-state index in [2.05, 4.69) is 6.92 Å². The van der Waals surface area contributed by atoms with E-state index in [0.717, 1.165) is 36.3 Å². The summed E-state index contributed by atoms with van der Waals surface area (Å²) in [5.74, 6) is 0.899. The molecular weight excluding hydrogens is 348 g/mol. The smallest absolute Gasteiger partial charge is 0.306 e. The summed E-state index contributed by atoms with van der Waals surface area (Å²) in [4.78, 5) is 0. The molecule has 5 nitrogen and oxygen atoms in total. The van der Waals surface area contributed by atoms with Gasteiger partial charge in [-0.3, -0.25) is 0 Å². The standard InChI is InChI=1S/C20H31N2O3S/c1-3-5-6-14-25-20-11-9-19(10-12-20)22(26(23,24)15-4-2)13-7-8-18(16-21)17-22/h7-12,17H,3-6,13-16,21H2,1-2H3/q+1. The maximum Gasteiger partial charge on any atom is 0.306 e. The van der Waals surface area contributed by atoms with E-state index in [9.17, 15) is 8.42 Å². The first kappa shape index (κ1) is 20.7. The van der Waals surface area contributed by atoms with Gasteiger partial charge >= 0.3 is 10.0 Å². The van der Waals surface area contributed by atoms with E-state index in [1.54, 1.807) is 6.20 Å². The minimum absolute atomic E-state index is 0.129. The Morgan fingerprint density at radius 2 is 1.85 bits per heavy atom. The highest BCUT2D eigenvalue weighted by Gasteiger charge is 2.42. The zero-order valence-electron chi connectivity index (χ0n) is 15.9. The van der Waals surface area contributed by atoms with Crippen molar-refractivity contribution in [2.75, 3.05) is 25.4 Å². The molecular formula is C20H31N2O3S+. The Morgan fingerprint density at radius 1 is 1.12 bits per heavy atom. The molecule has 0 aromatic heterocycles. The summed E-state index contributed by atoms with van der Waals surface area (Å²) in [5.41, 5.74) is 7.33. The molecule has 0 saturated heterocycles. The minimum atomic E-state index is -3.41. The molecule has 1 heterocycles. The zero-order valence-corrected chi connectivity index (χ0v) is 16.7. The van der Waals surface area contributed by atoms with Crippen LogP contribution in [0.5, 0.6) is 5.75 Å². The van der Waals surface area contributed by atoms with Crippen LogP contribution in [0.4, 0.5) is 5.69 Å². The molecule has 2 rings (SSSR count). The van der Waals surface area contributed by atoms with Gasteiger partial charge in [0, 0.05) is 24.3 Å². The summed E-state index contributed by atoms with van der Waals surface area (Å²) in [5, 5.41) is 0. The highest BCUT2D eigenvalue weighted by molar-refractivity contribution is 7.91. The van der Waals surface area contributed by atoms with E-state index in [1.165, 1.54) is 0 Å². The van der Waals surface area contributed by atoms with Gasteiger partial charge < -0.3 is 10.5 Å². The fraction of sp³-hybridized carbons (Fsp3) is 0.500. The van der Waals surface area contributed by atoms with Crippen LogP contribution in [0.25, 0.3) is 0 Å². The van der Waals surface area contributed by atoms with Crippen LogP contribution < -0.4 is 14.4 Å². The van der Waals surface area contributed by atoms with Crippen molar-refractivity contribution in [1.29, 1.82) is 0 Å². The maximum absolute atomic E-state index is 13.1. The summed E-state index contributed by atoms with van der Waals surface area (Å²) >= 11 is 0. The summed E-state index contributed by atoms with van der Waals surface area (Å²) < 4.78 is 31.8. The number of sulfonamides is 1. The summed E-state index contributed by atoms with van der Waals surface area (Å²) in [6.07, 6.45) is 9.48. The summed E-state index contributed by atoms with van der Waals surface area (Å²) in [6, 6.07) is 7.42. The van der Waals surface area contributed by atoms with Crippen molar-refractivity contribution in [1.82, 2.24) is 3.89 Å². The average Bonchev–Trinajstić information content (AvgIpc) is 2.65. The highest BCUT2D eigenvalue weighted by atomic mass is 32.2. The topological polar surface area (TPSA) is 69.4 Å². The van der Waals surface area contributed by atoms with E-state index < -0.39 is 10.0 Å². The van der Waals surface area contributed by atoms with Gasteiger partial charge in [-0.2, -0.15) is 12.3 Å². The van der Waals surface area contributed by atoms with Gasteiger partial charge in [0.2, 0.25) is 0 Å². The quantitative estimate of drug-likeness (QED) is 0.497. The first-order valence-corrected chi connectivity index (χ1v) is 11.0. The molecule has 1 aromatic rings. The van der Waals surface area contributed by atoms with Crippen LogP contribution in [-0.4, -0.2) is 33.9 Å². The Hall–Kier alpha value is -1.63. The third-order valence-corrected chi connectivity index (χ3v) is 6.95. The van der Waals surface area contributed by atoms with Gasteiger partial charge in [0.05, 0.1) is 6.61 Å². The molecule has 0 bridgehead atoms. The van der Waals surface area contributed by atoms with Crippen molar-refractivity contribution in [2.45, 2.75) is 39.5 Å². The number of unbranched alkanes of at least 4 members (excludes halogenated alkanes) is 2. The van der Waals surface area contributed by atoms with Crippen molar-refractivity contribution in [3.8, 4) is 5.75 Å². The Balaban J connectivity index is 2.32. The predicted octanol–water partition coefficient (Wildman–Crippen LogP) is 3.72. The second-order valence-corrected chi connectivity index (χ2v) is 8.85. The number of hydrogen-bond acceptors (Lipinski definition) is 4. The van der Waals surface area contributed by atoms with Gasteiger partial charge in [0.15, 0.2) is 5.69 Å². The molecule has 0 amide bonds. The number of benzene rings is 1. The van der Waals surface area contributed by atoms with Crippen molar-refractivity contribution >= 4 is 15.7 Å². The van der Waals surface area contributed by atoms with Gasteiger partial charge in [0.1, 0.15) is 24.2 Å². The first-order valence-electron chi connectivity index (χ1n) is 9.41. The molecule has 2 N–H and O–H groups in total. The molecule has 0 spiro atoms. The lowest BCUT2D eigenvalue weighted by Gasteiger charge is -2.34. The largest absolute Gasteiger partial charge is 0.494 e. The third-order valence-electron chi connectivity index (χ3n) is 4.57. The van der Waals surface area contributed by atoms with Crippen LogP contribution in [0, 0.1) is 0 Å². The fourth-order valence-corrected chi connectivity index (χ4v) is 5.03. The minimum Gasteiger partial charge on any atom is -0.494 e. The lowest BCUT2D eigenvalue weighted by Crippen LogP contribution is -2.52. The monoisotopic (exact) mass is 379 g/mol. The number of quaternary nitrogens is 1. The molecule has 26 heavy (non-hydrogen) atoms. The van der Waals surface area contributed by atoms with E-state index >= 15 is 0 Å². The fourth-order valence-electron chi connectivity index (χ4n) is 3.14. The second-order valence-electron chi connectivity index (χ2n) is 6.62. The van der Waals surface area contributed by atoms with Crippen LogP contribution in [-0.2, 0) is 10.0 Å². The van der Waals surface area contributed by atoms with E-state index in [0.29, 0.717) is 26.1 Å². The SMILES string of the molecule is CCCCCOc1ccc([N+]2(S(=O)(=O)CCC)C=C(CN)C=CC2)cc1. The Labute approximate surface area is 157 Å². The van der Waals surface area contributed by atoms with Crippen molar-refractivity contribution < 1.29 is 13.2 Å². The van der Waals surface area contributed by atoms with Crippen molar-refractivity contribution in [2.24, 2.45) is 5.73 Å². The molecule has 0 radical (unpaired) electrons. The normalized spacial score (nSPS) is 20.0.